The number of hydrogen-bond acceptors (Lipinski definition) is 4. The Morgan fingerprint density at radius 2 is 1.77 bits per heavy atom. The molecule has 5 nitrogen and oxygen atoms in total. The molecular weight excluding hydrogens is 348 g/mol. The van der Waals surface area contributed by atoms with Crippen molar-refractivity contribution >= 4 is 23.6 Å². The lowest BCUT2D eigenvalue weighted by atomic mass is 10.1. The zero-order valence-corrected chi connectivity index (χ0v) is 15.5. The van der Waals surface area contributed by atoms with Gasteiger partial charge < -0.3 is 14.5 Å². The van der Waals surface area contributed by atoms with E-state index in [1.54, 1.807) is 40.7 Å². The molecule has 0 aromatic heterocycles. The van der Waals surface area contributed by atoms with Crippen molar-refractivity contribution in [3.05, 3.63) is 66.2 Å². The van der Waals surface area contributed by atoms with Gasteiger partial charge in [0.1, 0.15) is 18.4 Å². The predicted molar refractivity (Wildman–Crippen MR) is 103 cm³/mol. The van der Waals surface area contributed by atoms with Gasteiger partial charge in [-0.05, 0) is 24.3 Å². The molecule has 1 aliphatic heterocycles. The second-order valence-corrected chi connectivity index (χ2v) is 7.08. The average Bonchev–Trinajstić information content (AvgIpc) is 3.18. The normalized spacial score (nSPS) is 16.3. The van der Waals surface area contributed by atoms with Crippen LogP contribution in [0.25, 0.3) is 0 Å². The van der Waals surface area contributed by atoms with Crippen LogP contribution in [0.3, 0.4) is 0 Å². The first kappa shape index (κ1) is 18.3. The molecule has 0 bridgehead atoms. The molecule has 2 amide bonds. The van der Waals surface area contributed by atoms with Crippen molar-refractivity contribution in [2.24, 2.45) is 0 Å². The molecule has 1 heterocycles. The first-order valence-corrected chi connectivity index (χ1v) is 9.69. The van der Waals surface area contributed by atoms with Crippen molar-refractivity contribution in [3.8, 4) is 5.75 Å². The molecule has 0 saturated carbocycles. The van der Waals surface area contributed by atoms with Gasteiger partial charge >= 0.3 is 0 Å². The van der Waals surface area contributed by atoms with Crippen LogP contribution in [0.5, 0.6) is 5.75 Å². The summed E-state index contributed by atoms with van der Waals surface area (Å²) in [6.45, 7) is 0.890. The third-order valence-electron chi connectivity index (χ3n) is 4.26. The minimum absolute atomic E-state index is 0.0454. The van der Waals surface area contributed by atoms with Crippen LogP contribution in [0.1, 0.15) is 10.4 Å². The highest BCUT2D eigenvalue weighted by atomic mass is 32.2. The van der Waals surface area contributed by atoms with Gasteiger partial charge in [0.05, 0.1) is 12.4 Å². The molecule has 1 unspecified atom stereocenters. The van der Waals surface area contributed by atoms with Crippen molar-refractivity contribution in [1.29, 1.82) is 0 Å². The Bertz CT molecular complexity index is 739. The lowest BCUT2D eigenvalue weighted by molar-refractivity contribution is -0.133. The molecule has 2 aromatic rings. The monoisotopic (exact) mass is 370 g/mol. The maximum absolute atomic E-state index is 12.8. The highest BCUT2D eigenvalue weighted by Gasteiger charge is 2.36. The number of para-hydroxylation sites is 1. The molecule has 136 valence electrons. The maximum atomic E-state index is 12.8. The number of ether oxygens (including phenoxy) is 1. The second kappa shape index (κ2) is 8.76. The average molecular weight is 370 g/mol. The number of likely N-dealkylation sites (N-methyl/N-ethyl adjacent to an activating group) is 1. The summed E-state index contributed by atoms with van der Waals surface area (Å²) in [7, 11) is 1.75. The van der Waals surface area contributed by atoms with Crippen molar-refractivity contribution < 1.29 is 14.3 Å². The topological polar surface area (TPSA) is 49.9 Å². The van der Waals surface area contributed by atoms with Gasteiger partial charge in [0.15, 0.2) is 0 Å². The Labute approximate surface area is 157 Å². The van der Waals surface area contributed by atoms with Crippen LogP contribution in [0.2, 0.25) is 0 Å². The van der Waals surface area contributed by atoms with Crippen LogP contribution in [-0.2, 0) is 4.79 Å². The number of rotatable bonds is 6. The van der Waals surface area contributed by atoms with Crippen LogP contribution in [-0.4, -0.2) is 59.5 Å². The molecular formula is C20H22N2O3S. The molecule has 1 atom stereocenters. The lowest BCUT2D eigenvalue weighted by Crippen LogP contribution is -2.48. The first-order valence-electron chi connectivity index (χ1n) is 8.53. The number of benzene rings is 2. The van der Waals surface area contributed by atoms with Crippen LogP contribution >= 0.6 is 11.8 Å². The quantitative estimate of drug-likeness (QED) is 0.785. The Morgan fingerprint density at radius 3 is 2.46 bits per heavy atom. The third-order valence-corrected chi connectivity index (χ3v) is 5.28. The van der Waals surface area contributed by atoms with Gasteiger partial charge in [-0.2, -0.15) is 0 Å². The summed E-state index contributed by atoms with van der Waals surface area (Å²) in [5.41, 5.74) is 0.614. The Hall–Kier alpha value is -2.47. The van der Waals surface area contributed by atoms with Gasteiger partial charge in [-0.3, -0.25) is 9.59 Å². The molecule has 1 aliphatic rings. The summed E-state index contributed by atoms with van der Waals surface area (Å²) in [6.07, 6.45) is 0. The van der Waals surface area contributed by atoms with E-state index in [1.807, 2.05) is 48.5 Å². The van der Waals surface area contributed by atoms with E-state index < -0.39 is 6.04 Å². The SMILES string of the molecule is CN(CCOc1ccccc1)C(=O)C1CSCN1C(=O)c1ccccc1. The van der Waals surface area contributed by atoms with E-state index in [9.17, 15) is 9.59 Å². The second-order valence-electron chi connectivity index (χ2n) is 6.08. The molecule has 1 fully saturated rings. The fourth-order valence-electron chi connectivity index (χ4n) is 2.78. The minimum Gasteiger partial charge on any atom is -0.492 e. The molecule has 0 N–H and O–H groups in total. The maximum Gasteiger partial charge on any atom is 0.255 e. The van der Waals surface area contributed by atoms with Gasteiger partial charge in [-0.15, -0.1) is 11.8 Å². The molecule has 1 saturated heterocycles. The molecule has 3 rings (SSSR count). The highest BCUT2D eigenvalue weighted by molar-refractivity contribution is 7.99. The Kier molecular flexibility index (Phi) is 6.17. The highest BCUT2D eigenvalue weighted by Crippen LogP contribution is 2.24. The zero-order valence-electron chi connectivity index (χ0n) is 14.7. The van der Waals surface area contributed by atoms with Gasteiger partial charge in [-0.1, -0.05) is 36.4 Å². The van der Waals surface area contributed by atoms with E-state index in [1.165, 1.54) is 0 Å². The summed E-state index contributed by atoms with van der Waals surface area (Å²) < 4.78 is 5.65. The van der Waals surface area contributed by atoms with Crippen molar-refractivity contribution in [3.63, 3.8) is 0 Å². The summed E-state index contributed by atoms with van der Waals surface area (Å²) >= 11 is 1.61. The van der Waals surface area contributed by atoms with Crippen molar-refractivity contribution in [1.82, 2.24) is 9.80 Å². The fourth-order valence-corrected chi connectivity index (χ4v) is 3.92. The smallest absolute Gasteiger partial charge is 0.255 e. The standard InChI is InChI=1S/C20H22N2O3S/c1-21(12-13-25-17-10-6-3-7-11-17)20(24)18-14-26-15-22(18)19(23)16-8-4-2-5-9-16/h2-11,18H,12-15H2,1H3. The first-order chi connectivity index (χ1) is 12.7. The molecule has 6 heteroatoms. The summed E-state index contributed by atoms with van der Waals surface area (Å²) in [5.74, 6) is 1.81. The molecule has 0 spiro atoms. The van der Waals surface area contributed by atoms with Crippen LogP contribution < -0.4 is 4.74 Å². The van der Waals surface area contributed by atoms with E-state index in [0.717, 1.165) is 5.75 Å². The largest absolute Gasteiger partial charge is 0.492 e. The number of carbonyl (C=O) groups excluding carboxylic acids is 2. The fraction of sp³-hybridized carbons (Fsp3) is 0.300. The molecule has 0 aliphatic carbocycles. The summed E-state index contributed by atoms with van der Waals surface area (Å²) in [6, 6.07) is 18.2. The van der Waals surface area contributed by atoms with Crippen LogP contribution in [0.15, 0.2) is 60.7 Å². The summed E-state index contributed by atoms with van der Waals surface area (Å²) in [5, 5.41) is 0. The number of thioether (sulfide) groups is 1. The van der Waals surface area contributed by atoms with Gasteiger partial charge in [-0.25, -0.2) is 0 Å². The van der Waals surface area contributed by atoms with Gasteiger partial charge in [0.2, 0.25) is 5.91 Å². The van der Waals surface area contributed by atoms with E-state index in [2.05, 4.69) is 0 Å². The number of nitrogens with zero attached hydrogens (tertiary/aromatic N) is 2. The summed E-state index contributed by atoms with van der Waals surface area (Å²) in [4.78, 5) is 28.8. The van der Waals surface area contributed by atoms with Crippen LogP contribution in [0, 0.1) is 0 Å². The lowest BCUT2D eigenvalue weighted by Gasteiger charge is -2.27. The molecule has 2 aromatic carbocycles. The van der Waals surface area contributed by atoms with Gasteiger partial charge in [0, 0.05) is 18.4 Å². The minimum atomic E-state index is -0.422. The van der Waals surface area contributed by atoms with Crippen LogP contribution in [0.4, 0.5) is 0 Å². The Morgan fingerprint density at radius 1 is 1.12 bits per heavy atom. The van der Waals surface area contributed by atoms with E-state index in [4.69, 9.17) is 4.74 Å². The molecule has 0 radical (unpaired) electrons. The van der Waals surface area contributed by atoms with Gasteiger partial charge in [0.25, 0.3) is 5.91 Å². The van der Waals surface area contributed by atoms with Crippen molar-refractivity contribution in [2.45, 2.75) is 6.04 Å². The van der Waals surface area contributed by atoms with E-state index >= 15 is 0 Å². The Balaban J connectivity index is 1.56. The van der Waals surface area contributed by atoms with Crippen molar-refractivity contribution in [2.75, 3.05) is 31.8 Å². The molecule has 26 heavy (non-hydrogen) atoms. The number of hydrogen-bond donors (Lipinski definition) is 0. The van der Waals surface area contributed by atoms with E-state index in [0.29, 0.717) is 30.3 Å². The van der Waals surface area contributed by atoms with E-state index in [-0.39, 0.29) is 11.8 Å². The zero-order chi connectivity index (χ0) is 18.4. The third kappa shape index (κ3) is 4.38. The number of carbonyl (C=O) groups is 2. The predicted octanol–water partition coefficient (Wildman–Crippen LogP) is 2.74. The number of amides is 2.